The van der Waals surface area contributed by atoms with Gasteiger partial charge in [-0.3, -0.25) is 0 Å². The fourth-order valence-corrected chi connectivity index (χ4v) is 3.75. The minimum absolute atomic E-state index is 0.229. The molecule has 1 aliphatic heterocycles. The minimum atomic E-state index is 0.229. The van der Waals surface area contributed by atoms with Gasteiger partial charge in [-0.25, -0.2) is 4.99 Å². The molecule has 1 aliphatic rings. The van der Waals surface area contributed by atoms with Crippen LogP contribution in [-0.2, 0) is 6.54 Å². The molecule has 0 spiro atoms. The van der Waals surface area contributed by atoms with Crippen LogP contribution >= 0.6 is 0 Å². The van der Waals surface area contributed by atoms with Crippen LogP contribution in [0.4, 0.5) is 0 Å². The van der Waals surface area contributed by atoms with Crippen LogP contribution in [0, 0.1) is 0 Å². The Labute approximate surface area is 185 Å². The molecule has 1 fully saturated rings. The second-order valence-electron chi connectivity index (χ2n) is 7.28. The summed E-state index contributed by atoms with van der Waals surface area (Å²) >= 11 is 0. The van der Waals surface area contributed by atoms with Crippen LogP contribution < -0.4 is 24.3 Å². The molecular formula is C24H33N3O4. The first-order valence-corrected chi connectivity index (χ1v) is 10.7. The molecule has 3 rings (SSSR count). The zero-order valence-corrected chi connectivity index (χ0v) is 18.9. The Morgan fingerprint density at radius 2 is 1.68 bits per heavy atom. The van der Waals surface area contributed by atoms with Gasteiger partial charge in [-0.15, -0.1) is 0 Å². The zero-order valence-electron chi connectivity index (χ0n) is 18.9. The summed E-state index contributed by atoms with van der Waals surface area (Å²) in [5.74, 6) is 3.71. The van der Waals surface area contributed by atoms with Crippen LogP contribution in [0.3, 0.4) is 0 Å². The average Bonchev–Trinajstić information content (AvgIpc) is 2.82. The maximum absolute atomic E-state index is 6.12. The Morgan fingerprint density at radius 1 is 0.968 bits per heavy atom. The monoisotopic (exact) mass is 427 g/mol. The molecule has 0 radical (unpaired) electrons. The average molecular weight is 428 g/mol. The van der Waals surface area contributed by atoms with Crippen molar-refractivity contribution >= 4 is 5.96 Å². The van der Waals surface area contributed by atoms with E-state index in [1.807, 2.05) is 42.5 Å². The van der Waals surface area contributed by atoms with Crippen molar-refractivity contribution in [3.05, 3.63) is 48.0 Å². The zero-order chi connectivity index (χ0) is 22.1. The first kappa shape index (κ1) is 22.6. The number of aliphatic imine (C=N–C) groups is 1. The minimum Gasteiger partial charge on any atom is -0.493 e. The van der Waals surface area contributed by atoms with Crippen LogP contribution in [0.5, 0.6) is 23.0 Å². The number of hydrogen-bond donors (Lipinski definition) is 1. The van der Waals surface area contributed by atoms with E-state index < -0.39 is 0 Å². The van der Waals surface area contributed by atoms with Gasteiger partial charge >= 0.3 is 0 Å². The smallest absolute Gasteiger partial charge is 0.203 e. The fraction of sp³-hybridized carbons (Fsp3) is 0.458. The number of ether oxygens (including phenoxy) is 4. The largest absolute Gasteiger partial charge is 0.493 e. The first-order chi connectivity index (χ1) is 15.2. The molecule has 7 heteroatoms. The second kappa shape index (κ2) is 11.3. The van der Waals surface area contributed by atoms with Gasteiger partial charge in [0.2, 0.25) is 5.75 Å². The predicted molar refractivity (Wildman–Crippen MR) is 123 cm³/mol. The number of nitrogens with zero attached hydrogens (tertiary/aromatic N) is 2. The van der Waals surface area contributed by atoms with E-state index in [0.29, 0.717) is 23.8 Å². The number of guanidine groups is 1. The summed E-state index contributed by atoms with van der Waals surface area (Å²) in [4.78, 5) is 7.16. The van der Waals surface area contributed by atoms with Gasteiger partial charge in [-0.05, 0) is 31.2 Å². The standard InChI is InChI=1S/C24H33N3O4/c1-5-25-24(26-17-18-11-12-21(28-2)23(30-4)22(18)29-3)27-15-13-20(14-16-27)31-19-9-7-6-8-10-19/h6-12,20H,5,13-17H2,1-4H3,(H,25,26). The Balaban J connectivity index is 1.67. The highest BCUT2D eigenvalue weighted by atomic mass is 16.5. The Kier molecular flexibility index (Phi) is 8.27. The van der Waals surface area contributed by atoms with Gasteiger partial charge in [-0.2, -0.15) is 0 Å². The van der Waals surface area contributed by atoms with E-state index in [2.05, 4.69) is 17.1 Å². The number of benzene rings is 2. The van der Waals surface area contributed by atoms with E-state index in [9.17, 15) is 0 Å². The van der Waals surface area contributed by atoms with Crippen molar-refractivity contribution < 1.29 is 18.9 Å². The molecule has 0 aliphatic carbocycles. The first-order valence-electron chi connectivity index (χ1n) is 10.7. The van der Waals surface area contributed by atoms with Gasteiger partial charge in [-0.1, -0.05) is 18.2 Å². The van der Waals surface area contributed by atoms with Gasteiger partial charge in [0, 0.05) is 38.0 Å². The number of nitrogens with one attached hydrogen (secondary N) is 1. The second-order valence-corrected chi connectivity index (χ2v) is 7.28. The summed E-state index contributed by atoms with van der Waals surface area (Å²) in [7, 11) is 4.86. The molecule has 1 saturated heterocycles. The third-order valence-electron chi connectivity index (χ3n) is 5.31. The van der Waals surface area contributed by atoms with Gasteiger partial charge < -0.3 is 29.2 Å². The van der Waals surface area contributed by atoms with Crippen molar-refractivity contribution in [2.75, 3.05) is 41.0 Å². The predicted octanol–water partition coefficient (Wildman–Crippen LogP) is 3.72. The molecule has 0 atom stereocenters. The molecule has 0 aromatic heterocycles. The normalized spacial score (nSPS) is 14.8. The lowest BCUT2D eigenvalue weighted by atomic mass is 10.1. The third kappa shape index (κ3) is 5.75. The molecule has 168 valence electrons. The molecule has 0 saturated carbocycles. The van der Waals surface area contributed by atoms with E-state index in [1.54, 1.807) is 21.3 Å². The van der Waals surface area contributed by atoms with Crippen LogP contribution in [-0.4, -0.2) is 57.9 Å². The van der Waals surface area contributed by atoms with E-state index in [1.165, 1.54) is 0 Å². The van der Waals surface area contributed by atoms with E-state index in [4.69, 9.17) is 23.9 Å². The number of methoxy groups -OCH3 is 3. The SMILES string of the molecule is CCNC(=NCc1ccc(OC)c(OC)c1OC)N1CCC(Oc2ccccc2)CC1. The van der Waals surface area contributed by atoms with Crippen molar-refractivity contribution in [2.24, 2.45) is 4.99 Å². The molecule has 1 N–H and O–H groups in total. The van der Waals surface area contributed by atoms with Gasteiger partial charge in [0.15, 0.2) is 17.5 Å². The number of para-hydroxylation sites is 1. The third-order valence-corrected chi connectivity index (χ3v) is 5.31. The lowest BCUT2D eigenvalue weighted by Crippen LogP contribution is -2.47. The topological polar surface area (TPSA) is 64.6 Å². The molecular weight excluding hydrogens is 394 g/mol. The van der Waals surface area contributed by atoms with Crippen molar-refractivity contribution in [3.63, 3.8) is 0 Å². The summed E-state index contributed by atoms with van der Waals surface area (Å²) < 4.78 is 22.6. The van der Waals surface area contributed by atoms with Crippen molar-refractivity contribution in [1.29, 1.82) is 0 Å². The maximum atomic E-state index is 6.12. The molecule has 2 aromatic carbocycles. The number of likely N-dealkylation sites (tertiary alicyclic amines) is 1. The van der Waals surface area contributed by atoms with E-state index >= 15 is 0 Å². The molecule has 1 heterocycles. The summed E-state index contributed by atoms with van der Waals surface area (Å²) in [5, 5.41) is 3.41. The molecule has 0 amide bonds. The van der Waals surface area contributed by atoms with Gasteiger partial charge in [0.05, 0.1) is 27.9 Å². The Hall–Kier alpha value is -3.09. The van der Waals surface area contributed by atoms with Crippen molar-refractivity contribution in [3.8, 4) is 23.0 Å². The Bertz CT molecular complexity index is 849. The summed E-state index contributed by atoms with van der Waals surface area (Å²) in [6.07, 6.45) is 2.14. The summed E-state index contributed by atoms with van der Waals surface area (Å²) in [5.41, 5.74) is 0.942. The Morgan fingerprint density at radius 3 is 2.29 bits per heavy atom. The van der Waals surface area contributed by atoms with E-state index in [-0.39, 0.29) is 6.10 Å². The number of piperidine rings is 1. The highest BCUT2D eigenvalue weighted by Gasteiger charge is 2.23. The molecule has 7 nitrogen and oxygen atoms in total. The lowest BCUT2D eigenvalue weighted by Gasteiger charge is -2.34. The number of rotatable bonds is 8. The summed E-state index contributed by atoms with van der Waals surface area (Å²) in [6, 6.07) is 13.9. The van der Waals surface area contributed by atoms with E-state index in [0.717, 1.165) is 49.7 Å². The van der Waals surface area contributed by atoms with Crippen LogP contribution in [0.2, 0.25) is 0 Å². The van der Waals surface area contributed by atoms with Crippen LogP contribution in [0.15, 0.2) is 47.5 Å². The van der Waals surface area contributed by atoms with Crippen molar-refractivity contribution in [2.45, 2.75) is 32.4 Å². The van der Waals surface area contributed by atoms with Crippen LogP contribution in [0.1, 0.15) is 25.3 Å². The molecule has 0 bridgehead atoms. The molecule has 2 aromatic rings. The quantitative estimate of drug-likeness (QED) is 0.512. The molecule has 0 unspecified atom stereocenters. The van der Waals surface area contributed by atoms with Gasteiger partial charge in [0.25, 0.3) is 0 Å². The fourth-order valence-electron chi connectivity index (χ4n) is 3.75. The van der Waals surface area contributed by atoms with Crippen LogP contribution in [0.25, 0.3) is 0 Å². The molecule has 31 heavy (non-hydrogen) atoms. The summed E-state index contributed by atoms with van der Waals surface area (Å²) in [6.45, 7) is 5.16. The highest BCUT2D eigenvalue weighted by Crippen LogP contribution is 2.40. The maximum Gasteiger partial charge on any atom is 0.203 e. The highest BCUT2D eigenvalue weighted by molar-refractivity contribution is 5.80. The number of hydrogen-bond acceptors (Lipinski definition) is 5. The lowest BCUT2D eigenvalue weighted by molar-refractivity contribution is 0.129. The van der Waals surface area contributed by atoms with Gasteiger partial charge in [0.1, 0.15) is 11.9 Å². The van der Waals surface area contributed by atoms with Crippen molar-refractivity contribution in [1.82, 2.24) is 10.2 Å².